The van der Waals surface area contributed by atoms with E-state index >= 15 is 0 Å². The third-order valence-electron chi connectivity index (χ3n) is 25.9. The van der Waals surface area contributed by atoms with Gasteiger partial charge in [-0.05, 0) is 228 Å². The Kier molecular flexibility index (Phi) is 16.3. The van der Waals surface area contributed by atoms with Gasteiger partial charge in [-0.15, -0.1) is 45.3 Å². The smallest absolute Gasteiger partial charge is 0.143 e. The summed E-state index contributed by atoms with van der Waals surface area (Å²) in [5.74, 6) is 0. The van der Waals surface area contributed by atoms with Crippen LogP contribution in [0.3, 0.4) is 0 Å². The van der Waals surface area contributed by atoms with Crippen molar-refractivity contribution in [3.8, 4) is 94.7 Å². The maximum Gasteiger partial charge on any atom is 0.143 e. The Morgan fingerprint density at radius 3 is 0.925 bits per heavy atom. The largest absolute Gasteiger partial charge is 0.455 e. The second-order valence-electron chi connectivity index (χ2n) is 32.5. The molecule has 0 N–H and O–H groups in total. The van der Waals surface area contributed by atoms with Crippen molar-refractivity contribution in [2.45, 2.75) is 38.5 Å². The number of nitrogens with zero attached hydrogens (tertiary/aromatic N) is 1. The molecule has 0 atom stereocenters. The fourth-order valence-corrected chi connectivity index (χ4v) is 25.1. The zero-order valence-electron chi connectivity index (χ0n) is 65.4. The van der Waals surface area contributed by atoms with Crippen molar-refractivity contribution in [1.29, 1.82) is 0 Å². The molecule has 24 aromatic rings. The highest BCUT2D eigenvalue weighted by molar-refractivity contribution is 7.27. The minimum atomic E-state index is 0.933. The van der Waals surface area contributed by atoms with Crippen molar-refractivity contribution in [3.05, 3.63) is 403 Å². The predicted octanol–water partition coefficient (Wildman–Crippen LogP) is 33.2. The van der Waals surface area contributed by atoms with Gasteiger partial charge in [0.15, 0.2) is 0 Å². The average Bonchev–Trinajstić information content (AvgIpc) is 1.56. The fourth-order valence-electron chi connectivity index (χ4n) is 20.1. The summed E-state index contributed by atoms with van der Waals surface area (Å²) in [5, 5.41) is 15.9. The Morgan fingerprint density at radius 2 is 0.492 bits per heavy atom. The van der Waals surface area contributed by atoms with E-state index in [1.165, 1.54) is 225 Å². The summed E-state index contributed by atoms with van der Waals surface area (Å²) in [5.41, 5.74) is 35.5. The lowest BCUT2D eigenvalue weighted by molar-refractivity contribution is 0.670. The highest BCUT2D eigenvalue weighted by Crippen LogP contribution is 2.51. The van der Waals surface area contributed by atoms with Crippen LogP contribution >= 0.6 is 45.3 Å². The van der Waals surface area contributed by atoms with Gasteiger partial charge in [0.25, 0.3) is 0 Å². The normalized spacial score (nSPS) is 12.8. The second kappa shape index (κ2) is 28.1. The van der Waals surface area contributed by atoms with Gasteiger partial charge >= 0.3 is 0 Å². The summed E-state index contributed by atoms with van der Waals surface area (Å²) in [6, 6.07) is 137. The maximum atomic E-state index is 6.31. The molecule has 6 heteroatoms. The summed E-state index contributed by atoms with van der Waals surface area (Å²) >= 11 is 7.68. The first-order valence-electron chi connectivity index (χ1n) is 41.8. The molecule has 3 aliphatic carbocycles. The zero-order chi connectivity index (χ0) is 78.6. The van der Waals surface area contributed by atoms with E-state index in [0.717, 1.165) is 66.0 Å². The Balaban J connectivity index is 0.0000000997. The van der Waals surface area contributed by atoms with E-state index < -0.39 is 0 Å². The van der Waals surface area contributed by atoms with Gasteiger partial charge in [-0.1, -0.05) is 297 Å². The maximum absolute atomic E-state index is 6.31. The number of aromatic nitrogens is 1. The van der Waals surface area contributed by atoms with Crippen LogP contribution in [0.1, 0.15) is 33.4 Å². The van der Waals surface area contributed by atoms with Gasteiger partial charge in [-0.3, -0.25) is 0 Å². The topological polar surface area (TPSA) is 18.1 Å². The van der Waals surface area contributed by atoms with Crippen molar-refractivity contribution in [3.63, 3.8) is 0 Å². The highest BCUT2D eigenvalue weighted by Gasteiger charge is 2.25. The van der Waals surface area contributed by atoms with E-state index in [0.29, 0.717) is 0 Å². The molecule has 3 aliphatic rings. The molecule has 2 nitrogen and oxygen atoms in total. The van der Waals surface area contributed by atoms with Crippen LogP contribution in [0.2, 0.25) is 0 Å². The summed E-state index contributed by atoms with van der Waals surface area (Å²) in [7, 11) is 0. The number of hydrogen-bond acceptors (Lipinski definition) is 5. The van der Waals surface area contributed by atoms with Crippen LogP contribution in [0.5, 0.6) is 0 Å². The molecule has 6 heterocycles. The van der Waals surface area contributed by atoms with E-state index in [-0.39, 0.29) is 0 Å². The second-order valence-corrected chi connectivity index (χ2v) is 36.7. The van der Waals surface area contributed by atoms with Crippen LogP contribution in [0.15, 0.2) is 374 Å². The van der Waals surface area contributed by atoms with Crippen molar-refractivity contribution in [2.24, 2.45) is 0 Å². The number of rotatable bonds is 6. The molecule has 18 aromatic carbocycles. The number of hydrogen-bond donors (Lipinski definition) is 0. The van der Waals surface area contributed by atoms with Gasteiger partial charge in [-0.25, -0.2) is 0 Å². The van der Waals surface area contributed by atoms with Crippen molar-refractivity contribution >= 4 is 170 Å². The predicted molar refractivity (Wildman–Crippen MR) is 518 cm³/mol. The summed E-state index contributed by atoms with van der Waals surface area (Å²) in [4.78, 5) is 0. The van der Waals surface area contributed by atoms with Gasteiger partial charge in [0.2, 0.25) is 0 Å². The van der Waals surface area contributed by atoms with E-state index in [4.69, 9.17) is 4.42 Å². The third kappa shape index (κ3) is 11.3. The zero-order valence-corrected chi connectivity index (χ0v) is 68.7. The third-order valence-corrected chi connectivity index (χ3v) is 30.7. The summed E-state index contributed by atoms with van der Waals surface area (Å²) < 4.78 is 19.7. The van der Waals surface area contributed by atoms with Crippen LogP contribution in [0.25, 0.3) is 219 Å². The summed E-state index contributed by atoms with van der Waals surface area (Å²) in [6.45, 7) is 0. The Bertz CT molecular complexity index is 7950. The highest BCUT2D eigenvalue weighted by atomic mass is 32.1. The molecule has 0 spiro atoms. The van der Waals surface area contributed by atoms with Crippen LogP contribution < -0.4 is 0 Å². The molecule has 27 rings (SSSR count). The van der Waals surface area contributed by atoms with Crippen LogP contribution in [0.4, 0.5) is 0 Å². The molecular formula is C114H73NOS4. The minimum Gasteiger partial charge on any atom is -0.455 e. The molecular weight excluding hydrogens is 1530 g/mol. The van der Waals surface area contributed by atoms with Crippen LogP contribution in [0, 0.1) is 0 Å². The number of thiophene rings is 4. The Morgan fingerprint density at radius 1 is 0.192 bits per heavy atom. The first kappa shape index (κ1) is 69.5. The van der Waals surface area contributed by atoms with Gasteiger partial charge in [-0.2, -0.15) is 0 Å². The standard InChI is InChI=1S/C38H25NS.C38H24OS.C38H24S2/c1-2-9-28-24(8-1)16-17-26-22-34-32-13-7-12-29(38(32)40-37(34)23-33(26)28)25-18-20-27(21-19-25)39-35-14-5-3-10-30(35)31-11-4-6-15-36(31)39;2*1-2-8-27-23(7-1)19-20-26-21-34-32-13-6-11-29(38(32)40-36(34)22-33(26)27)25-17-15-24(16-18-25)28-10-5-12-31-30-9-3-4-14-35(30)39-37(28)31/h1-15,18-23H,16-17H2;2*1-18,21-22H,19-20H2. The van der Waals surface area contributed by atoms with E-state index in [1.807, 2.05) is 57.5 Å². The van der Waals surface area contributed by atoms with E-state index in [1.54, 1.807) is 0 Å². The van der Waals surface area contributed by atoms with Crippen molar-refractivity contribution in [1.82, 2.24) is 4.57 Å². The number of furan rings is 1. The fraction of sp³-hybridized carbons (Fsp3) is 0.0526. The lowest BCUT2D eigenvalue weighted by atomic mass is 9.85. The first-order valence-corrected chi connectivity index (χ1v) is 45.0. The molecule has 0 radical (unpaired) electrons. The van der Waals surface area contributed by atoms with E-state index in [2.05, 4.69) is 362 Å². The Labute approximate surface area is 709 Å². The van der Waals surface area contributed by atoms with Crippen molar-refractivity contribution in [2.75, 3.05) is 0 Å². The van der Waals surface area contributed by atoms with Crippen molar-refractivity contribution < 1.29 is 4.42 Å². The van der Waals surface area contributed by atoms with Gasteiger partial charge < -0.3 is 8.98 Å². The van der Waals surface area contributed by atoms with E-state index in [9.17, 15) is 0 Å². The lowest BCUT2D eigenvalue weighted by Gasteiger charge is -2.19. The molecule has 0 bridgehead atoms. The van der Waals surface area contributed by atoms with Crippen LogP contribution in [-0.2, 0) is 38.5 Å². The van der Waals surface area contributed by atoms with Crippen LogP contribution in [-0.4, -0.2) is 4.57 Å². The molecule has 0 saturated carbocycles. The monoisotopic (exact) mass is 1600 g/mol. The van der Waals surface area contributed by atoms with Gasteiger partial charge in [0.1, 0.15) is 11.2 Å². The first-order chi connectivity index (χ1) is 59.5. The quantitative estimate of drug-likeness (QED) is 0.162. The number of para-hydroxylation sites is 4. The number of benzene rings is 18. The molecule has 6 aromatic heterocycles. The Hall–Kier alpha value is -13.6. The number of aryl methyl sites for hydroxylation is 6. The minimum absolute atomic E-state index is 0.933. The molecule has 0 amide bonds. The van der Waals surface area contributed by atoms with Gasteiger partial charge in [0.05, 0.1) is 11.0 Å². The van der Waals surface area contributed by atoms with Gasteiger partial charge in [0, 0.05) is 113 Å². The lowest BCUT2D eigenvalue weighted by Crippen LogP contribution is -2.03. The molecule has 0 unspecified atom stereocenters. The number of fused-ring (bicyclic) bond motifs is 27. The SMILES string of the molecule is c1ccc2c(c1)CCc1cc3c(cc1-2)sc1c(-c2ccc(-c4cccc5c4oc4ccccc45)cc2)cccc13.c1ccc2c(c1)CCc1cc3c(cc1-2)sc1c(-c2ccc(-c4cccc5c4sc4ccccc45)cc2)cccc13.c1ccc2c(c1)CCc1cc3c(cc1-2)sc1c(-c2ccc(-n4c5ccccc5c5ccccc54)cc2)cccc13. The summed E-state index contributed by atoms with van der Waals surface area (Å²) in [6.07, 6.45) is 6.72. The molecule has 0 saturated heterocycles. The molecule has 564 valence electrons. The molecule has 120 heavy (non-hydrogen) atoms. The average molecular weight is 1600 g/mol. The molecule has 0 fully saturated rings. The molecule has 0 aliphatic heterocycles.